The van der Waals surface area contributed by atoms with Crippen LogP contribution in [0.15, 0.2) is 34.0 Å². The van der Waals surface area contributed by atoms with Gasteiger partial charge in [0.15, 0.2) is 0 Å². The number of rotatable bonds is 5. The third-order valence-corrected chi connectivity index (χ3v) is 1.81. The molecule has 0 bridgehead atoms. The van der Waals surface area contributed by atoms with Crippen molar-refractivity contribution in [2.24, 2.45) is 9.98 Å². The summed E-state index contributed by atoms with van der Waals surface area (Å²) >= 11 is 0. The summed E-state index contributed by atoms with van der Waals surface area (Å²) in [7, 11) is 3.61. The summed E-state index contributed by atoms with van der Waals surface area (Å²) in [4.78, 5) is 8.46. The number of aliphatic imine (C=N–C) groups is 2. The lowest BCUT2D eigenvalue weighted by Gasteiger charge is -2.07. The maximum atomic E-state index is 4.35. The van der Waals surface area contributed by atoms with Crippen molar-refractivity contribution in [3.05, 3.63) is 24.0 Å². The van der Waals surface area contributed by atoms with Crippen LogP contribution in [0.2, 0.25) is 0 Å². The molecule has 0 saturated heterocycles. The Balaban J connectivity index is 5.16. The minimum atomic E-state index is 0.854. The van der Waals surface area contributed by atoms with Crippen LogP contribution in [-0.2, 0) is 0 Å². The lowest BCUT2D eigenvalue weighted by molar-refractivity contribution is 1.01. The fourth-order valence-electron chi connectivity index (χ4n) is 0.963. The molecule has 0 aromatic rings. The van der Waals surface area contributed by atoms with Gasteiger partial charge in [-0.25, -0.2) is 0 Å². The first-order valence-corrected chi connectivity index (χ1v) is 4.71. The van der Waals surface area contributed by atoms with E-state index in [4.69, 9.17) is 0 Å². The number of allylic oxidation sites excluding steroid dienone is 2. The second-order valence-electron chi connectivity index (χ2n) is 2.75. The highest BCUT2D eigenvalue weighted by molar-refractivity contribution is 5.99. The van der Waals surface area contributed by atoms with Crippen molar-refractivity contribution in [2.45, 2.75) is 20.3 Å². The summed E-state index contributed by atoms with van der Waals surface area (Å²) in [6.07, 6.45) is 4.52. The first-order chi connectivity index (χ1) is 6.71. The molecule has 0 aromatic heterocycles. The summed E-state index contributed by atoms with van der Waals surface area (Å²) in [5.41, 5.74) is 2.66. The lowest BCUT2D eigenvalue weighted by atomic mass is 10.2. The Labute approximate surface area is 86.3 Å². The zero-order valence-electron chi connectivity index (χ0n) is 9.46. The standard InChI is InChI=1S/C11H19N3/c1-6-8-14-11(9(3)12-4)10(7-2)13-5/h7-8,13H,2,6H2,1,3-5H3/b11-10-,12-9?,14-8?. The van der Waals surface area contributed by atoms with Gasteiger partial charge in [0.2, 0.25) is 0 Å². The predicted molar refractivity (Wildman–Crippen MR) is 64.1 cm³/mol. The maximum Gasteiger partial charge on any atom is 0.106 e. The Morgan fingerprint density at radius 2 is 2.14 bits per heavy atom. The molecule has 3 heteroatoms. The highest BCUT2D eigenvalue weighted by Crippen LogP contribution is 2.06. The number of nitrogens with one attached hydrogen (secondary N) is 1. The van der Waals surface area contributed by atoms with Gasteiger partial charge in [-0.2, -0.15) is 0 Å². The lowest BCUT2D eigenvalue weighted by Crippen LogP contribution is -2.10. The number of hydrogen-bond acceptors (Lipinski definition) is 3. The molecule has 0 heterocycles. The van der Waals surface area contributed by atoms with Crippen molar-refractivity contribution in [3.63, 3.8) is 0 Å². The summed E-state index contributed by atoms with van der Waals surface area (Å²) in [5, 5.41) is 3.04. The second kappa shape index (κ2) is 7.06. The van der Waals surface area contributed by atoms with Gasteiger partial charge in [0.05, 0.1) is 11.4 Å². The van der Waals surface area contributed by atoms with Gasteiger partial charge in [0.1, 0.15) is 5.70 Å². The highest BCUT2D eigenvalue weighted by Gasteiger charge is 2.03. The van der Waals surface area contributed by atoms with Gasteiger partial charge in [-0.3, -0.25) is 9.98 Å². The smallest absolute Gasteiger partial charge is 0.106 e. The van der Waals surface area contributed by atoms with E-state index in [0.717, 1.165) is 23.5 Å². The quantitative estimate of drug-likeness (QED) is 0.527. The minimum absolute atomic E-state index is 0.854. The Morgan fingerprint density at radius 1 is 1.50 bits per heavy atom. The van der Waals surface area contributed by atoms with Crippen molar-refractivity contribution >= 4 is 11.9 Å². The first-order valence-electron chi connectivity index (χ1n) is 4.71. The molecule has 3 nitrogen and oxygen atoms in total. The maximum absolute atomic E-state index is 4.35. The van der Waals surface area contributed by atoms with Gasteiger partial charge < -0.3 is 5.32 Å². The molecule has 0 radical (unpaired) electrons. The third-order valence-electron chi connectivity index (χ3n) is 1.81. The normalized spacial score (nSPS) is 14.1. The molecule has 0 aliphatic rings. The molecule has 0 atom stereocenters. The largest absolute Gasteiger partial charge is 0.386 e. The first kappa shape index (κ1) is 12.6. The van der Waals surface area contributed by atoms with Gasteiger partial charge in [-0.05, 0) is 19.4 Å². The average molecular weight is 193 g/mol. The van der Waals surface area contributed by atoms with Crippen LogP contribution in [0.1, 0.15) is 20.3 Å². The van der Waals surface area contributed by atoms with Crippen molar-refractivity contribution in [2.75, 3.05) is 14.1 Å². The molecule has 0 aliphatic heterocycles. The van der Waals surface area contributed by atoms with Crippen LogP contribution in [-0.4, -0.2) is 26.0 Å². The Bertz CT molecular complexity index is 272. The van der Waals surface area contributed by atoms with E-state index in [-0.39, 0.29) is 0 Å². The van der Waals surface area contributed by atoms with Gasteiger partial charge in [-0.1, -0.05) is 13.5 Å². The van der Waals surface area contributed by atoms with E-state index in [9.17, 15) is 0 Å². The fraction of sp³-hybridized carbons (Fsp3) is 0.455. The SMILES string of the molecule is C=C/C(NC)=C(/N=CCC)C(C)=NC. The molecule has 1 N–H and O–H groups in total. The Morgan fingerprint density at radius 3 is 2.50 bits per heavy atom. The molecular weight excluding hydrogens is 174 g/mol. The van der Waals surface area contributed by atoms with E-state index >= 15 is 0 Å². The summed E-state index contributed by atoms with van der Waals surface area (Å²) in [6, 6.07) is 0. The van der Waals surface area contributed by atoms with Crippen LogP contribution in [0.25, 0.3) is 0 Å². The van der Waals surface area contributed by atoms with Crippen LogP contribution >= 0.6 is 0 Å². The molecule has 78 valence electrons. The van der Waals surface area contributed by atoms with E-state index in [0.29, 0.717) is 0 Å². The molecule has 0 fully saturated rings. The van der Waals surface area contributed by atoms with Crippen LogP contribution in [0.3, 0.4) is 0 Å². The number of likely N-dealkylation sites (N-methyl/N-ethyl adjacent to an activating group) is 1. The van der Waals surface area contributed by atoms with Crippen molar-refractivity contribution in [1.82, 2.24) is 5.32 Å². The van der Waals surface area contributed by atoms with Gasteiger partial charge in [-0.15, -0.1) is 0 Å². The summed E-state index contributed by atoms with van der Waals surface area (Å²) < 4.78 is 0. The second-order valence-corrected chi connectivity index (χ2v) is 2.75. The highest BCUT2D eigenvalue weighted by atomic mass is 14.9. The van der Waals surface area contributed by atoms with Crippen LogP contribution in [0.4, 0.5) is 0 Å². The van der Waals surface area contributed by atoms with Crippen molar-refractivity contribution in [1.29, 1.82) is 0 Å². The van der Waals surface area contributed by atoms with Gasteiger partial charge in [0, 0.05) is 20.3 Å². The zero-order chi connectivity index (χ0) is 11.0. The average Bonchev–Trinajstić information content (AvgIpc) is 2.23. The summed E-state index contributed by atoms with van der Waals surface area (Å²) in [6.45, 7) is 7.71. The molecule has 0 spiro atoms. The molecule has 14 heavy (non-hydrogen) atoms. The van der Waals surface area contributed by atoms with Gasteiger partial charge >= 0.3 is 0 Å². The third kappa shape index (κ3) is 3.56. The van der Waals surface area contributed by atoms with E-state index in [1.165, 1.54) is 0 Å². The van der Waals surface area contributed by atoms with Crippen LogP contribution < -0.4 is 5.32 Å². The van der Waals surface area contributed by atoms with Crippen LogP contribution in [0, 0.1) is 0 Å². The summed E-state index contributed by atoms with van der Waals surface area (Å²) in [5.74, 6) is 0. The minimum Gasteiger partial charge on any atom is -0.386 e. The molecular formula is C11H19N3. The molecule has 0 saturated carbocycles. The zero-order valence-corrected chi connectivity index (χ0v) is 9.46. The topological polar surface area (TPSA) is 36.8 Å². The van der Waals surface area contributed by atoms with Crippen LogP contribution in [0.5, 0.6) is 0 Å². The predicted octanol–water partition coefficient (Wildman–Crippen LogP) is 2.17. The molecule has 0 amide bonds. The molecule has 0 aromatic carbocycles. The van der Waals surface area contributed by atoms with E-state index < -0.39 is 0 Å². The number of nitrogens with zero attached hydrogens (tertiary/aromatic N) is 2. The Hall–Kier alpha value is -1.38. The molecule has 0 rings (SSSR count). The molecule has 0 aliphatic carbocycles. The van der Waals surface area contributed by atoms with Crippen molar-refractivity contribution in [3.8, 4) is 0 Å². The van der Waals surface area contributed by atoms with E-state index in [1.54, 1.807) is 13.1 Å². The Kier molecular flexibility index (Phi) is 6.37. The van der Waals surface area contributed by atoms with Crippen molar-refractivity contribution < 1.29 is 0 Å². The number of hydrogen-bond donors (Lipinski definition) is 1. The monoisotopic (exact) mass is 193 g/mol. The fourth-order valence-corrected chi connectivity index (χ4v) is 0.963. The van der Waals surface area contributed by atoms with Gasteiger partial charge in [0.25, 0.3) is 0 Å². The van der Waals surface area contributed by atoms with E-state index in [1.807, 2.05) is 27.1 Å². The molecule has 0 unspecified atom stereocenters. The van der Waals surface area contributed by atoms with E-state index in [2.05, 4.69) is 21.9 Å².